The van der Waals surface area contributed by atoms with Gasteiger partial charge in [0.1, 0.15) is 5.41 Å². The molecule has 0 bridgehead atoms. The number of likely N-dealkylation sites (tertiary alicyclic amines) is 1. The number of nitrogens with zero attached hydrogens (tertiary/aromatic N) is 3. The molecule has 2 heterocycles. The summed E-state index contributed by atoms with van der Waals surface area (Å²) in [5.74, 6) is 0.193. The van der Waals surface area contributed by atoms with E-state index in [4.69, 9.17) is 0 Å². The second-order valence-corrected chi connectivity index (χ2v) is 8.79. The lowest BCUT2D eigenvalue weighted by Crippen LogP contribution is -2.54. The highest BCUT2D eigenvalue weighted by Gasteiger charge is 2.59. The Kier molecular flexibility index (Phi) is 5.35. The molecule has 4 rings (SSSR count). The van der Waals surface area contributed by atoms with Gasteiger partial charge in [0.25, 0.3) is 0 Å². The summed E-state index contributed by atoms with van der Waals surface area (Å²) in [5, 5.41) is 0. The second-order valence-electron chi connectivity index (χ2n) is 8.79. The zero-order valence-corrected chi connectivity index (χ0v) is 17.4. The highest BCUT2D eigenvalue weighted by atomic mass is 16.2. The minimum atomic E-state index is -0.730. The molecule has 5 nitrogen and oxygen atoms in total. The van der Waals surface area contributed by atoms with Crippen LogP contribution in [0.3, 0.4) is 0 Å². The van der Waals surface area contributed by atoms with Crippen LogP contribution in [0.5, 0.6) is 0 Å². The first-order valence-electron chi connectivity index (χ1n) is 10.9. The van der Waals surface area contributed by atoms with Crippen LogP contribution in [0.4, 0.5) is 5.69 Å². The molecule has 0 N–H and O–H groups in total. The number of rotatable bonds is 3. The number of carbonyl (C=O) groups excluding carboxylic acids is 2. The Labute approximate surface area is 168 Å². The average molecular weight is 384 g/mol. The molecular formula is C23H33N3O2. The molecule has 0 atom stereocenters. The quantitative estimate of drug-likeness (QED) is 0.753. The van der Waals surface area contributed by atoms with Crippen LogP contribution >= 0.6 is 0 Å². The highest BCUT2D eigenvalue weighted by Crippen LogP contribution is 2.49. The number of anilines is 1. The van der Waals surface area contributed by atoms with Crippen LogP contribution in [0, 0.1) is 19.3 Å². The Morgan fingerprint density at radius 3 is 1.93 bits per heavy atom. The van der Waals surface area contributed by atoms with Crippen LogP contribution in [0.1, 0.15) is 49.7 Å². The van der Waals surface area contributed by atoms with Crippen molar-refractivity contribution in [1.82, 2.24) is 9.80 Å². The van der Waals surface area contributed by atoms with Crippen molar-refractivity contribution < 1.29 is 9.59 Å². The summed E-state index contributed by atoms with van der Waals surface area (Å²) in [6.45, 7) is 9.06. The fourth-order valence-electron chi connectivity index (χ4n) is 4.75. The molecule has 152 valence electrons. The lowest BCUT2D eigenvalue weighted by molar-refractivity contribution is -0.149. The van der Waals surface area contributed by atoms with E-state index < -0.39 is 5.41 Å². The van der Waals surface area contributed by atoms with Crippen molar-refractivity contribution in [3.63, 3.8) is 0 Å². The molecule has 1 aliphatic carbocycles. The SMILES string of the molecule is Cc1cccc(N2CCN(C(=O)C3(C(=O)N4CCCCCC4)CC3)CC2)c1C. The van der Waals surface area contributed by atoms with E-state index in [1.54, 1.807) is 0 Å². The van der Waals surface area contributed by atoms with Crippen molar-refractivity contribution in [3.05, 3.63) is 29.3 Å². The molecule has 1 aromatic carbocycles. The molecule has 2 saturated heterocycles. The zero-order chi connectivity index (χ0) is 19.7. The number of hydrogen-bond acceptors (Lipinski definition) is 3. The van der Waals surface area contributed by atoms with Crippen molar-refractivity contribution in [3.8, 4) is 0 Å². The Hall–Kier alpha value is -2.04. The fourth-order valence-corrected chi connectivity index (χ4v) is 4.75. The summed E-state index contributed by atoms with van der Waals surface area (Å²) in [7, 11) is 0. The molecule has 0 radical (unpaired) electrons. The van der Waals surface area contributed by atoms with Crippen LogP contribution in [-0.4, -0.2) is 60.9 Å². The topological polar surface area (TPSA) is 43.9 Å². The van der Waals surface area contributed by atoms with Crippen molar-refractivity contribution in [2.24, 2.45) is 5.41 Å². The molecule has 0 unspecified atom stereocenters. The summed E-state index contributed by atoms with van der Waals surface area (Å²) in [4.78, 5) is 32.7. The van der Waals surface area contributed by atoms with Crippen molar-refractivity contribution in [1.29, 1.82) is 0 Å². The third-order valence-corrected chi connectivity index (χ3v) is 6.95. The number of benzene rings is 1. The molecule has 2 aliphatic heterocycles. The van der Waals surface area contributed by atoms with Gasteiger partial charge in [-0.3, -0.25) is 9.59 Å². The predicted molar refractivity (Wildman–Crippen MR) is 111 cm³/mol. The molecule has 3 aliphatic rings. The monoisotopic (exact) mass is 383 g/mol. The molecule has 2 amide bonds. The van der Waals surface area contributed by atoms with Gasteiger partial charge >= 0.3 is 0 Å². The van der Waals surface area contributed by atoms with Crippen LogP contribution in [0.25, 0.3) is 0 Å². The Bertz CT molecular complexity index is 740. The smallest absolute Gasteiger partial charge is 0.238 e. The maximum absolute atomic E-state index is 13.3. The standard InChI is InChI=1S/C23H33N3O2/c1-18-8-7-9-20(19(18)2)24-14-16-26(17-15-24)22(28)23(10-11-23)21(27)25-12-5-3-4-6-13-25/h7-9H,3-6,10-17H2,1-2H3. The van der Waals surface area contributed by atoms with Crippen LogP contribution in [0.2, 0.25) is 0 Å². The molecule has 0 aromatic heterocycles. The van der Waals surface area contributed by atoms with E-state index >= 15 is 0 Å². The lowest BCUT2D eigenvalue weighted by Gasteiger charge is -2.39. The summed E-state index contributed by atoms with van der Waals surface area (Å²) in [6.07, 6.45) is 6.02. The van der Waals surface area contributed by atoms with Crippen LogP contribution in [-0.2, 0) is 9.59 Å². The first kappa shape index (κ1) is 19.3. The number of piperazine rings is 1. The summed E-state index contributed by atoms with van der Waals surface area (Å²) in [6, 6.07) is 6.42. The van der Waals surface area contributed by atoms with Gasteiger partial charge in [-0.25, -0.2) is 0 Å². The molecular weight excluding hydrogens is 350 g/mol. The van der Waals surface area contributed by atoms with Gasteiger partial charge in [-0.05, 0) is 56.7 Å². The van der Waals surface area contributed by atoms with E-state index in [0.717, 1.165) is 51.9 Å². The molecule has 5 heteroatoms. The van der Waals surface area contributed by atoms with Gasteiger partial charge < -0.3 is 14.7 Å². The van der Waals surface area contributed by atoms with Crippen molar-refractivity contribution in [2.45, 2.75) is 52.4 Å². The van der Waals surface area contributed by atoms with Gasteiger partial charge in [-0.15, -0.1) is 0 Å². The Balaban J connectivity index is 1.39. The number of hydrogen-bond donors (Lipinski definition) is 0. The Morgan fingerprint density at radius 1 is 0.786 bits per heavy atom. The van der Waals surface area contributed by atoms with E-state index in [9.17, 15) is 9.59 Å². The summed E-state index contributed by atoms with van der Waals surface area (Å²) < 4.78 is 0. The second kappa shape index (κ2) is 7.76. The van der Waals surface area contributed by atoms with E-state index in [-0.39, 0.29) is 11.8 Å². The Morgan fingerprint density at radius 2 is 1.36 bits per heavy atom. The summed E-state index contributed by atoms with van der Waals surface area (Å²) >= 11 is 0. The van der Waals surface area contributed by atoms with E-state index in [2.05, 4.69) is 36.9 Å². The maximum atomic E-state index is 13.3. The predicted octanol–water partition coefficient (Wildman–Crippen LogP) is 3.13. The fraction of sp³-hybridized carbons (Fsp3) is 0.652. The van der Waals surface area contributed by atoms with E-state index in [0.29, 0.717) is 13.1 Å². The maximum Gasteiger partial charge on any atom is 0.238 e. The molecule has 1 aromatic rings. The van der Waals surface area contributed by atoms with Crippen molar-refractivity contribution >= 4 is 17.5 Å². The van der Waals surface area contributed by atoms with Gasteiger partial charge in [-0.1, -0.05) is 25.0 Å². The van der Waals surface area contributed by atoms with Crippen LogP contribution in [0.15, 0.2) is 18.2 Å². The van der Waals surface area contributed by atoms with E-state index in [1.807, 2.05) is 9.80 Å². The van der Waals surface area contributed by atoms with Crippen molar-refractivity contribution in [2.75, 3.05) is 44.2 Å². The minimum absolute atomic E-state index is 0.0855. The number of carbonyl (C=O) groups is 2. The van der Waals surface area contributed by atoms with Gasteiger partial charge in [0, 0.05) is 45.0 Å². The van der Waals surface area contributed by atoms with E-state index in [1.165, 1.54) is 29.7 Å². The lowest BCUT2D eigenvalue weighted by atomic mass is 10.0. The zero-order valence-electron chi connectivity index (χ0n) is 17.4. The van der Waals surface area contributed by atoms with Gasteiger partial charge in [0.2, 0.25) is 11.8 Å². The van der Waals surface area contributed by atoms with Gasteiger partial charge in [0.15, 0.2) is 0 Å². The molecule has 28 heavy (non-hydrogen) atoms. The van der Waals surface area contributed by atoms with Crippen LogP contribution < -0.4 is 4.90 Å². The molecule has 1 saturated carbocycles. The molecule has 3 fully saturated rings. The normalized spacial score (nSPS) is 22.0. The highest BCUT2D eigenvalue weighted by molar-refractivity contribution is 6.08. The number of aryl methyl sites for hydroxylation is 1. The molecule has 0 spiro atoms. The first-order chi connectivity index (χ1) is 13.5. The third-order valence-electron chi connectivity index (χ3n) is 6.95. The summed E-state index contributed by atoms with van der Waals surface area (Å²) in [5.41, 5.74) is 3.16. The number of amides is 2. The largest absolute Gasteiger partial charge is 0.368 e. The van der Waals surface area contributed by atoms with Gasteiger partial charge in [-0.2, -0.15) is 0 Å². The van der Waals surface area contributed by atoms with Gasteiger partial charge in [0.05, 0.1) is 0 Å². The first-order valence-corrected chi connectivity index (χ1v) is 10.9. The average Bonchev–Trinajstić information content (AvgIpc) is 3.54. The third kappa shape index (κ3) is 3.51. The minimum Gasteiger partial charge on any atom is -0.368 e.